The second-order valence-electron chi connectivity index (χ2n) is 7.94. The van der Waals surface area contributed by atoms with E-state index in [0.717, 1.165) is 19.3 Å². The lowest BCUT2D eigenvalue weighted by atomic mass is 9.87. The Labute approximate surface area is 168 Å². The molecule has 6 heteroatoms. The Kier molecular flexibility index (Phi) is 11.2. The van der Waals surface area contributed by atoms with Crippen LogP contribution in [0.4, 0.5) is 0 Å². The average molecular weight is 397 g/mol. The summed E-state index contributed by atoms with van der Waals surface area (Å²) in [4.78, 5) is 35.6. The van der Waals surface area contributed by atoms with Gasteiger partial charge in [-0.3, -0.25) is 14.4 Å². The van der Waals surface area contributed by atoms with Crippen LogP contribution in [0.25, 0.3) is 0 Å². The fraction of sp³-hybridized carbons (Fsp3) is 0.773. The molecule has 1 fully saturated rings. The Bertz CT molecular complexity index is 541. The van der Waals surface area contributed by atoms with Crippen molar-refractivity contribution < 1.29 is 29.3 Å². The topological polar surface area (TPSA) is 101 Å². The van der Waals surface area contributed by atoms with Crippen LogP contribution in [0.2, 0.25) is 0 Å². The van der Waals surface area contributed by atoms with E-state index in [1.165, 1.54) is 7.11 Å². The van der Waals surface area contributed by atoms with Gasteiger partial charge in [-0.2, -0.15) is 0 Å². The minimum absolute atomic E-state index is 0.0346. The van der Waals surface area contributed by atoms with Crippen LogP contribution in [0.15, 0.2) is 12.2 Å². The van der Waals surface area contributed by atoms with E-state index in [2.05, 4.69) is 11.7 Å². The van der Waals surface area contributed by atoms with E-state index in [0.29, 0.717) is 19.3 Å². The van der Waals surface area contributed by atoms with Gasteiger partial charge < -0.3 is 14.9 Å². The Morgan fingerprint density at radius 3 is 2.57 bits per heavy atom. The number of aliphatic hydroxyl groups is 2. The number of ketones is 2. The Hall–Kier alpha value is -1.53. The van der Waals surface area contributed by atoms with Gasteiger partial charge in [-0.05, 0) is 25.2 Å². The maximum Gasteiger partial charge on any atom is 0.305 e. The number of aliphatic hydroxyl groups excluding tert-OH is 2. The first-order valence-electron chi connectivity index (χ1n) is 10.5. The molecule has 1 rings (SSSR count). The molecule has 0 aromatic heterocycles. The number of carbonyl (C=O) groups excluding carboxylic acids is 3. The lowest BCUT2D eigenvalue weighted by molar-refractivity contribution is -0.140. The summed E-state index contributed by atoms with van der Waals surface area (Å²) in [5.74, 6) is -1.28. The zero-order valence-corrected chi connectivity index (χ0v) is 17.4. The van der Waals surface area contributed by atoms with Gasteiger partial charge in [0, 0.05) is 37.5 Å². The lowest BCUT2D eigenvalue weighted by Crippen LogP contribution is -2.23. The molecule has 160 valence electrons. The van der Waals surface area contributed by atoms with Crippen molar-refractivity contribution in [2.45, 2.75) is 83.8 Å². The summed E-state index contributed by atoms with van der Waals surface area (Å²) in [7, 11) is 1.33. The maximum absolute atomic E-state index is 12.3. The number of ether oxygens (including phenoxy) is 1. The van der Waals surface area contributed by atoms with Crippen LogP contribution in [0.5, 0.6) is 0 Å². The summed E-state index contributed by atoms with van der Waals surface area (Å²) < 4.78 is 4.56. The van der Waals surface area contributed by atoms with Gasteiger partial charge in [-0.1, -0.05) is 38.8 Å². The van der Waals surface area contributed by atoms with Crippen LogP contribution in [0.3, 0.4) is 0 Å². The molecular weight excluding hydrogens is 360 g/mol. The molecule has 0 saturated heterocycles. The first-order chi connectivity index (χ1) is 13.3. The molecule has 6 nitrogen and oxygen atoms in total. The highest BCUT2D eigenvalue weighted by Crippen LogP contribution is 2.34. The smallest absolute Gasteiger partial charge is 0.305 e. The van der Waals surface area contributed by atoms with Crippen LogP contribution in [0.1, 0.15) is 71.6 Å². The summed E-state index contributed by atoms with van der Waals surface area (Å²) >= 11 is 0. The molecule has 28 heavy (non-hydrogen) atoms. The Morgan fingerprint density at radius 2 is 1.93 bits per heavy atom. The molecule has 2 N–H and O–H groups in total. The minimum atomic E-state index is -0.806. The van der Waals surface area contributed by atoms with Gasteiger partial charge in [-0.25, -0.2) is 0 Å². The van der Waals surface area contributed by atoms with Crippen LogP contribution >= 0.6 is 0 Å². The van der Waals surface area contributed by atoms with E-state index in [9.17, 15) is 24.6 Å². The van der Waals surface area contributed by atoms with Gasteiger partial charge in [-0.15, -0.1) is 0 Å². The molecule has 5 atom stereocenters. The molecule has 1 aliphatic carbocycles. The third kappa shape index (κ3) is 8.23. The van der Waals surface area contributed by atoms with Crippen LogP contribution in [-0.4, -0.2) is 47.1 Å². The van der Waals surface area contributed by atoms with Crippen molar-refractivity contribution in [1.82, 2.24) is 0 Å². The zero-order chi connectivity index (χ0) is 21.1. The largest absolute Gasteiger partial charge is 0.469 e. The van der Waals surface area contributed by atoms with Crippen molar-refractivity contribution in [2.75, 3.05) is 7.11 Å². The van der Waals surface area contributed by atoms with Crippen molar-refractivity contribution in [1.29, 1.82) is 0 Å². The number of carbonyl (C=O) groups is 3. The second-order valence-corrected chi connectivity index (χ2v) is 7.94. The molecule has 0 radical (unpaired) electrons. The lowest BCUT2D eigenvalue weighted by Gasteiger charge is -2.19. The van der Waals surface area contributed by atoms with E-state index < -0.39 is 24.0 Å². The number of esters is 1. The number of hydrogen-bond acceptors (Lipinski definition) is 6. The van der Waals surface area contributed by atoms with Gasteiger partial charge in [0.25, 0.3) is 0 Å². The number of hydrogen-bond donors (Lipinski definition) is 2. The van der Waals surface area contributed by atoms with E-state index >= 15 is 0 Å². The molecule has 0 heterocycles. The van der Waals surface area contributed by atoms with Crippen molar-refractivity contribution in [3.05, 3.63) is 12.2 Å². The number of Topliss-reactive ketones (excluding diaryl/α,β-unsaturated/α-hetero) is 2. The highest BCUT2D eigenvalue weighted by molar-refractivity contribution is 5.90. The molecule has 0 bridgehead atoms. The van der Waals surface area contributed by atoms with Crippen LogP contribution < -0.4 is 0 Å². The van der Waals surface area contributed by atoms with E-state index in [-0.39, 0.29) is 42.7 Å². The van der Waals surface area contributed by atoms with Gasteiger partial charge in [0.2, 0.25) is 0 Å². The predicted octanol–water partition coefficient (Wildman–Crippen LogP) is 2.99. The fourth-order valence-corrected chi connectivity index (χ4v) is 3.66. The third-order valence-electron chi connectivity index (χ3n) is 5.62. The fourth-order valence-electron chi connectivity index (χ4n) is 3.66. The van der Waals surface area contributed by atoms with Crippen molar-refractivity contribution in [3.63, 3.8) is 0 Å². The molecule has 0 spiro atoms. The monoisotopic (exact) mass is 396 g/mol. The molecule has 0 aromatic rings. The standard InChI is InChI=1S/C22H36O6/c1-4-5-8-15(2)19(24)12-11-17-18(21(26)14-20(17)25)13-16(23)9-6-7-10-22(27)28-3/h11-12,15,17-20,24-25H,4-10,13-14H2,1-3H3/b12-11+/t15-,17+,18+,19+,20+/m0/s1. The van der Waals surface area contributed by atoms with Crippen LogP contribution in [0, 0.1) is 17.8 Å². The number of methoxy groups -OCH3 is 1. The van der Waals surface area contributed by atoms with Gasteiger partial charge in [0.15, 0.2) is 0 Å². The van der Waals surface area contributed by atoms with E-state index in [1.54, 1.807) is 12.2 Å². The van der Waals surface area contributed by atoms with Crippen molar-refractivity contribution in [3.8, 4) is 0 Å². The van der Waals surface area contributed by atoms with Crippen LogP contribution in [-0.2, 0) is 19.1 Å². The zero-order valence-electron chi connectivity index (χ0n) is 17.4. The summed E-state index contributed by atoms with van der Waals surface area (Å²) in [6.07, 6.45) is 6.89. The Balaban J connectivity index is 2.56. The predicted molar refractivity (Wildman–Crippen MR) is 107 cm³/mol. The van der Waals surface area contributed by atoms with Crippen molar-refractivity contribution >= 4 is 17.5 Å². The first-order valence-corrected chi connectivity index (χ1v) is 10.5. The SMILES string of the molecule is CCCC[C@H](C)[C@H](O)/C=C/[C@H]1[C@H](O)CC(=O)[C@@H]1CC(=O)CCCCC(=O)OC. The number of rotatable bonds is 13. The molecule has 0 amide bonds. The minimum Gasteiger partial charge on any atom is -0.469 e. The molecule has 1 aliphatic rings. The summed E-state index contributed by atoms with van der Waals surface area (Å²) in [5, 5.41) is 20.5. The van der Waals surface area contributed by atoms with E-state index in [1.807, 2.05) is 6.92 Å². The van der Waals surface area contributed by atoms with Crippen molar-refractivity contribution in [2.24, 2.45) is 17.8 Å². The summed E-state index contributed by atoms with van der Waals surface area (Å²) in [6, 6.07) is 0. The summed E-state index contributed by atoms with van der Waals surface area (Å²) in [6.45, 7) is 4.09. The van der Waals surface area contributed by atoms with Gasteiger partial charge >= 0.3 is 5.97 Å². The Morgan fingerprint density at radius 1 is 1.25 bits per heavy atom. The van der Waals surface area contributed by atoms with Gasteiger partial charge in [0.1, 0.15) is 11.6 Å². The highest BCUT2D eigenvalue weighted by Gasteiger charge is 2.40. The summed E-state index contributed by atoms with van der Waals surface area (Å²) in [5.41, 5.74) is 0. The molecule has 0 unspecified atom stereocenters. The normalized spacial score (nSPS) is 24.5. The third-order valence-corrected chi connectivity index (χ3v) is 5.62. The molecule has 1 saturated carbocycles. The molecule has 0 aromatic carbocycles. The highest BCUT2D eigenvalue weighted by atomic mass is 16.5. The maximum atomic E-state index is 12.3. The van der Waals surface area contributed by atoms with Gasteiger partial charge in [0.05, 0.1) is 19.3 Å². The average Bonchev–Trinajstić information content (AvgIpc) is 2.93. The second kappa shape index (κ2) is 12.8. The molecule has 0 aliphatic heterocycles. The number of unbranched alkanes of at least 4 members (excludes halogenated alkanes) is 2. The quantitative estimate of drug-likeness (QED) is 0.282. The van der Waals surface area contributed by atoms with E-state index in [4.69, 9.17) is 0 Å². The first kappa shape index (κ1) is 24.5. The molecular formula is C22H36O6.